The van der Waals surface area contributed by atoms with E-state index in [0.717, 1.165) is 33.3 Å². The number of ether oxygens (including phenoxy) is 2. The van der Waals surface area contributed by atoms with Crippen molar-refractivity contribution >= 4 is 28.4 Å². The Hall–Kier alpha value is -4.52. The van der Waals surface area contributed by atoms with Crippen LogP contribution in [0.25, 0.3) is 16.7 Å². The van der Waals surface area contributed by atoms with Crippen molar-refractivity contribution in [1.82, 2.24) is 9.88 Å². The quantitative estimate of drug-likeness (QED) is 0.210. The first-order valence-corrected chi connectivity index (χ1v) is 12.0. The van der Waals surface area contributed by atoms with E-state index in [0.29, 0.717) is 24.3 Å². The zero-order valence-electron chi connectivity index (χ0n) is 20.9. The Morgan fingerprint density at radius 2 is 1.62 bits per heavy atom. The van der Waals surface area contributed by atoms with Crippen LogP contribution in [0.5, 0.6) is 11.5 Å². The predicted octanol–water partition coefficient (Wildman–Crippen LogP) is 5.16. The van der Waals surface area contributed by atoms with Gasteiger partial charge in [0.25, 0.3) is 11.7 Å². The molecule has 188 valence electrons. The number of aryl methyl sites for hydroxylation is 1. The number of carbonyl (C=O) groups excluding carboxylic acids is 2. The van der Waals surface area contributed by atoms with Crippen molar-refractivity contribution in [2.45, 2.75) is 19.4 Å². The number of Topliss-reactive ketones (excluding diaryl/α,β-unsaturated/α-hetero) is 1. The lowest BCUT2D eigenvalue weighted by atomic mass is 9.94. The van der Waals surface area contributed by atoms with Crippen molar-refractivity contribution in [2.24, 2.45) is 0 Å². The topological polar surface area (TPSA) is 91.9 Å². The molecule has 4 aromatic rings. The summed E-state index contributed by atoms with van der Waals surface area (Å²) in [7, 11) is 3.18. The van der Waals surface area contributed by atoms with Gasteiger partial charge in [0.05, 0.1) is 25.8 Å². The highest BCUT2D eigenvalue weighted by atomic mass is 16.5. The van der Waals surface area contributed by atoms with Crippen molar-refractivity contribution in [3.8, 4) is 11.5 Å². The molecule has 0 spiro atoms. The zero-order chi connectivity index (χ0) is 26.1. The van der Waals surface area contributed by atoms with Gasteiger partial charge in [0.15, 0.2) is 0 Å². The highest BCUT2D eigenvalue weighted by Crippen LogP contribution is 2.40. The van der Waals surface area contributed by atoms with Crippen LogP contribution in [0.1, 0.15) is 28.3 Å². The van der Waals surface area contributed by atoms with E-state index in [9.17, 15) is 14.7 Å². The first-order chi connectivity index (χ1) is 17.9. The van der Waals surface area contributed by atoms with E-state index in [-0.39, 0.29) is 11.3 Å². The Balaban J connectivity index is 1.54. The Morgan fingerprint density at radius 1 is 0.946 bits per heavy atom. The van der Waals surface area contributed by atoms with Crippen LogP contribution in [0.4, 0.5) is 0 Å². The number of benzene rings is 3. The molecule has 0 aliphatic carbocycles. The molecule has 37 heavy (non-hydrogen) atoms. The van der Waals surface area contributed by atoms with Gasteiger partial charge in [-0.25, -0.2) is 0 Å². The molecule has 7 heteroatoms. The number of carbonyl (C=O) groups is 2. The Morgan fingerprint density at radius 3 is 2.30 bits per heavy atom. The van der Waals surface area contributed by atoms with E-state index in [2.05, 4.69) is 4.98 Å². The molecule has 0 radical (unpaired) electrons. The molecular weight excluding hydrogens is 468 g/mol. The second-order valence-electron chi connectivity index (χ2n) is 9.11. The van der Waals surface area contributed by atoms with Gasteiger partial charge in [-0.2, -0.15) is 0 Å². The minimum Gasteiger partial charge on any atom is -0.507 e. The molecule has 3 aromatic carbocycles. The Labute approximate surface area is 214 Å². The van der Waals surface area contributed by atoms with Crippen molar-refractivity contribution in [2.75, 3.05) is 20.8 Å². The monoisotopic (exact) mass is 496 g/mol. The molecule has 0 saturated carbocycles. The third-order valence-electron chi connectivity index (χ3n) is 6.89. The van der Waals surface area contributed by atoms with Crippen LogP contribution in [0.2, 0.25) is 0 Å². The van der Waals surface area contributed by atoms with Gasteiger partial charge >= 0.3 is 0 Å². The van der Waals surface area contributed by atoms with E-state index in [1.54, 1.807) is 43.4 Å². The summed E-state index contributed by atoms with van der Waals surface area (Å²) in [4.78, 5) is 31.4. The fraction of sp³-hybridized carbons (Fsp3) is 0.200. The molecule has 1 aromatic heterocycles. The number of H-pyrrole nitrogens is 1. The lowest BCUT2D eigenvalue weighted by Gasteiger charge is -2.25. The summed E-state index contributed by atoms with van der Waals surface area (Å²) in [6.45, 7) is 2.27. The Kier molecular flexibility index (Phi) is 6.44. The van der Waals surface area contributed by atoms with Crippen molar-refractivity contribution in [3.63, 3.8) is 0 Å². The standard InChI is InChI=1S/C30H28N2O5/c1-18-4-6-19(7-5-18)27-26(28(33)20-8-10-22(36-2)11-9-20)29(34)30(35)32(27)15-14-21-17-31-25-13-12-23(37-3)16-24(21)25/h4-13,16-17,27,31,33H,14-15H2,1-3H3/b28-26-. The van der Waals surface area contributed by atoms with Gasteiger partial charge < -0.3 is 24.5 Å². The van der Waals surface area contributed by atoms with Crippen LogP contribution in [-0.4, -0.2) is 47.4 Å². The average molecular weight is 497 g/mol. The van der Waals surface area contributed by atoms with E-state index in [4.69, 9.17) is 9.47 Å². The van der Waals surface area contributed by atoms with E-state index in [1.165, 1.54) is 0 Å². The number of aliphatic hydroxyl groups excluding tert-OH is 1. The van der Waals surface area contributed by atoms with E-state index in [1.807, 2.05) is 55.6 Å². The SMILES string of the molecule is COc1ccc(/C(O)=C2/C(=O)C(=O)N(CCc3c[nH]c4ccc(OC)cc34)C2c2ccc(C)cc2)cc1. The van der Waals surface area contributed by atoms with Crippen LogP contribution >= 0.6 is 0 Å². The molecule has 2 N–H and O–H groups in total. The van der Waals surface area contributed by atoms with Gasteiger partial charge in [-0.15, -0.1) is 0 Å². The molecule has 1 atom stereocenters. The fourth-order valence-corrected chi connectivity index (χ4v) is 4.84. The largest absolute Gasteiger partial charge is 0.507 e. The number of amides is 1. The normalized spacial score (nSPS) is 16.9. The molecule has 2 heterocycles. The number of rotatable bonds is 7. The van der Waals surface area contributed by atoms with Gasteiger partial charge in [-0.3, -0.25) is 9.59 Å². The second kappa shape index (κ2) is 9.85. The number of nitrogens with one attached hydrogen (secondary N) is 1. The summed E-state index contributed by atoms with van der Waals surface area (Å²) in [6, 6.07) is 19.5. The number of nitrogens with zero attached hydrogens (tertiary/aromatic N) is 1. The van der Waals surface area contributed by atoms with Crippen molar-refractivity contribution in [3.05, 3.63) is 101 Å². The van der Waals surface area contributed by atoms with Gasteiger partial charge in [-0.05, 0) is 66.9 Å². The zero-order valence-corrected chi connectivity index (χ0v) is 20.9. The maximum atomic E-state index is 13.3. The molecule has 0 bridgehead atoms. The first-order valence-electron chi connectivity index (χ1n) is 12.0. The molecule has 5 rings (SSSR count). The van der Waals surface area contributed by atoms with Crippen LogP contribution < -0.4 is 9.47 Å². The predicted molar refractivity (Wildman–Crippen MR) is 142 cm³/mol. The molecule has 7 nitrogen and oxygen atoms in total. The fourth-order valence-electron chi connectivity index (χ4n) is 4.84. The number of ketones is 1. The molecule has 1 amide bonds. The number of hydrogen-bond donors (Lipinski definition) is 2. The molecular formula is C30H28N2O5. The minimum atomic E-state index is -0.706. The number of aliphatic hydroxyl groups is 1. The second-order valence-corrected chi connectivity index (χ2v) is 9.11. The summed E-state index contributed by atoms with van der Waals surface area (Å²) < 4.78 is 10.6. The van der Waals surface area contributed by atoms with Crippen molar-refractivity contribution in [1.29, 1.82) is 0 Å². The summed E-state index contributed by atoms with van der Waals surface area (Å²) in [5.74, 6) is -0.154. The molecule has 1 fully saturated rings. The smallest absolute Gasteiger partial charge is 0.295 e. The number of fused-ring (bicyclic) bond motifs is 1. The summed E-state index contributed by atoms with van der Waals surface area (Å²) >= 11 is 0. The number of aromatic nitrogens is 1. The van der Waals surface area contributed by atoms with E-state index >= 15 is 0 Å². The number of hydrogen-bond acceptors (Lipinski definition) is 5. The molecule has 1 saturated heterocycles. The lowest BCUT2D eigenvalue weighted by molar-refractivity contribution is -0.139. The highest BCUT2D eigenvalue weighted by Gasteiger charge is 2.45. The van der Waals surface area contributed by atoms with Gasteiger partial charge in [-0.1, -0.05) is 29.8 Å². The van der Waals surface area contributed by atoms with Crippen LogP contribution in [-0.2, 0) is 16.0 Å². The van der Waals surface area contributed by atoms with Crippen LogP contribution in [0.3, 0.4) is 0 Å². The Bertz CT molecular complexity index is 1500. The summed E-state index contributed by atoms with van der Waals surface area (Å²) in [5, 5.41) is 12.2. The van der Waals surface area contributed by atoms with Crippen molar-refractivity contribution < 1.29 is 24.2 Å². The lowest BCUT2D eigenvalue weighted by Crippen LogP contribution is -2.31. The highest BCUT2D eigenvalue weighted by molar-refractivity contribution is 6.46. The third kappa shape index (κ3) is 4.44. The van der Waals surface area contributed by atoms with E-state index < -0.39 is 17.7 Å². The van der Waals surface area contributed by atoms with Gasteiger partial charge in [0.2, 0.25) is 0 Å². The number of aromatic amines is 1. The maximum Gasteiger partial charge on any atom is 0.295 e. The molecule has 1 unspecified atom stereocenters. The third-order valence-corrected chi connectivity index (χ3v) is 6.89. The van der Waals surface area contributed by atoms with Gasteiger partial charge in [0.1, 0.15) is 17.3 Å². The van der Waals surface area contributed by atoms with Crippen LogP contribution in [0, 0.1) is 6.92 Å². The molecule has 1 aliphatic heterocycles. The number of likely N-dealkylation sites (tertiary alicyclic amines) is 1. The number of methoxy groups -OCH3 is 2. The summed E-state index contributed by atoms with van der Waals surface area (Å²) in [6.07, 6.45) is 2.43. The average Bonchev–Trinajstić information content (AvgIpc) is 3.44. The van der Waals surface area contributed by atoms with Crippen LogP contribution in [0.15, 0.2) is 78.5 Å². The summed E-state index contributed by atoms with van der Waals surface area (Å²) in [5.41, 5.74) is 4.32. The minimum absolute atomic E-state index is 0.0830. The maximum absolute atomic E-state index is 13.3. The van der Waals surface area contributed by atoms with Gasteiger partial charge in [0, 0.05) is 29.2 Å². The molecule has 1 aliphatic rings. The first kappa shape index (κ1) is 24.2.